The summed E-state index contributed by atoms with van der Waals surface area (Å²) in [5.74, 6) is 1.44. The van der Waals surface area contributed by atoms with Gasteiger partial charge in [-0.05, 0) is 44.2 Å². The minimum atomic E-state index is 0.116. The third kappa shape index (κ3) is 3.35. The highest BCUT2D eigenvalue weighted by atomic mass is 79.9. The monoisotopic (exact) mass is 351 g/mol. The number of fused-ring (bicyclic) bond motifs is 1. The number of halogens is 1. The third-order valence-corrected chi connectivity index (χ3v) is 5.99. The van der Waals surface area contributed by atoms with Crippen LogP contribution in [0.25, 0.3) is 0 Å². The summed E-state index contributed by atoms with van der Waals surface area (Å²) in [5.41, 5.74) is 1.47. The van der Waals surface area contributed by atoms with Gasteiger partial charge >= 0.3 is 0 Å². The van der Waals surface area contributed by atoms with E-state index in [1.165, 1.54) is 29.3 Å². The van der Waals surface area contributed by atoms with Gasteiger partial charge in [-0.3, -0.25) is 5.32 Å². The van der Waals surface area contributed by atoms with E-state index in [0.29, 0.717) is 12.0 Å². The Hall–Kier alpha value is -0.380. The fourth-order valence-corrected chi connectivity index (χ4v) is 4.48. The molecule has 0 bridgehead atoms. The Morgan fingerprint density at radius 3 is 2.81 bits per heavy atom. The van der Waals surface area contributed by atoms with Gasteiger partial charge in [0.2, 0.25) is 0 Å². The van der Waals surface area contributed by atoms with Crippen molar-refractivity contribution in [3.63, 3.8) is 0 Å². The van der Waals surface area contributed by atoms with Gasteiger partial charge in [0.1, 0.15) is 6.23 Å². The quantitative estimate of drug-likeness (QED) is 0.845. The van der Waals surface area contributed by atoms with Crippen LogP contribution >= 0.6 is 15.9 Å². The van der Waals surface area contributed by atoms with Crippen LogP contribution in [0, 0.1) is 11.8 Å². The van der Waals surface area contributed by atoms with E-state index < -0.39 is 0 Å². The molecule has 1 heterocycles. The van der Waals surface area contributed by atoms with Crippen molar-refractivity contribution in [3.05, 3.63) is 34.3 Å². The molecule has 0 unspecified atom stereocenters. The summed E-state index contributed by atoms with van der Waals surface area (Å²) in [6.45, 7) is 7.05. The molecule has 0 spiro atoms. The molecule has 1 N–H and O–H groups in total. The first-order chi connectivity index (χ1) is 9.95. The molecular formula is C18H26BrNO. The molecule has 3 rings (SSSR count). The minimum absolute atomic E-state index is 0.116. The zero-order chi connectivity index (χ0) is 15.0. The lowest BCUT2D eigenvalue weighted by atomic mass is 9.70. The second kappa shape index (κ2) is 6.02. The molecule has 1 aromatic rings. The van der Waals surface area contributed by atoms with Crippen LogP contribution in [-0.4, -0.2) is 17.9 Å². The first kappa shape index (κ1) is 15.5. The van der Waals surface area contributed by atoms with Crippen LogP contribution in [0.2, 0.25) is 0 Å². The summed E-state index contributed by atoms with van der Waals surface area (Å²) in [4.78, 5) is 0. The van der Waals surface area contributed by atoms with Crippen molar-refractivity contribution in [1.29, 1.82) is 0 Å². The van der Waals surface area contributed by atoms with E-state index in [4.69, 9.17) is 4.74 Å². The number of hydrogen-bond acceptors (Lipinski definition) is 2. The zero-order valence-electron chi connectivity index (χ0n) is 13.2. The Morgan fingerprint density at radius 2 is 2.05 bits per heavy atom. The minimum Gasteiger partial charge on any atom is -0.359 e. The maximum atomic E-state index is 6.42. The van der Waals surface area contributed by atoms with Gasteiger partial charge in [-0.2, -0.15) is 0 Å². The Balaban J connectivity index is 1.74. The lowest BCUT2D eigenvalue weighted by Crippen LogP contribution is -2.63. The molecule has 1 saturated heterocycles. The van der Waals surface area contributed by atoms with E-state index >= 15 is 0 Å². The molecule has 3 heteroatoms. The normalized spacial score (nSPS) is 35.2. The van der Waals surface area contributed by atoms with Crippen molar-refractivity contribution in [1.82, 2.24) is 5.32 Å². The van der Waals surface area contributed by atoms with Crippen LogP contribution in [0.1, 0.15) is 45.6 Å². The first-order valence-electron chi connectivity index (χ1n) is 8.12. The molecule has 1 aromatic carbocycles. The molecule has 1 aliphatic heterocycles. The van der Waals surface area contributed by atoms with Crippen molar-refractivity contribution < 1.29 is 4.74 Å². The lowest BCUT2D eigenvalue weighted by Gasteiger charge is -2.51. The standard InChI is InChI=1S/C18H26BrNO/c1-12-8-9-14-16(10-12)21-17(20-18(14,2)3)11-13-6-4-5-7-15(13)19/h4-7,12,14,16-17,20H,8-11H2,1-3H3/t12-,14-,16-,17+/m1/s1. The Morgan fingerprint density at radius 1 is 1.29 bits per heavy atom. The number of hydrogen-bond donors (Lipinski definition) is 1. The number of ether oxygens (including phenoxy) is 1. The van der Waals surface area contributed by atoms with Crippen molar-refractivity contribution in [2.45, 2.75) is 64.3 Å². The maximum Gasteiger partial charge on any atom is 0.113 e. The van der Waals surface area contributed by atoms with Crippen molar-refractivity contribution in [2.24, 2.45) is 11.8 Å². The summed E-state index contributed by atoms with van der Waals surface area (Å²) in [7, 11) is 0. The van der Waals surface area contributed by atoms with Crippen LogP contribution in [0.5, 0.6) is 0 Å². The summed E-state index contributed by atoms with van der Waals surface area (Å²) in [6, 6.07) is 8.44. The first-order valence-corrected chi connectivity index (χ1v) is 8.91. The number of rotatable bonds is 2. The van der Waals surface area contributed by atoms with Gasteiger partial charge in [-0.1, -0.05) is 47.5 Å². The van der Waals surface area contributed by atoms with Crippen molar-refractivity contribution in [3.8, 4) is 0 Å². The molecule has 1 saturated carbocycles. The fraction of sp³-hybridized carbons (Fsp3) is 0.667. The summed E-state index contributed by atoms with van der Waals surface area (Å²) >= 11 is 3.65. The molecule has 2 nitrogen and oxygen atoms in total. The van der Waals surface area contributed by atoms with Gasteiger partial charge in [0.15, 0.2) is 0 Å². The second-order valence-corrected chi connectivity index (χ2v) is 8.20. The van der Waals surface area contributed by atoms with E-state index in [2.05, 4.69) is 66.3 Å². The topological polar surface area (TPSA) is 21.3 Å². The lowest BCUT2D eigenvalue weighted by molar-refractivity contribution is -0.153. The second-order valence-electron chi connectivity index (χ2n) is 7.35. The maximum absolute atomic E-state index is 6.42. The average molecular weight is 352 g/mol. The smallest absolute Gasteiger partial charge is 0.113 e. The summed E-state index contributed by atoms with van der Waals surface area (Å²) in [5, 5.41) is 3.74. The molecule has 2 fully saturated rings. The van der Waals surface area contributed by atoms with Gasteiger partial charge in [0.25, 0.3) is 0 Å². The van der Waals surface area contributed by atoms with Crippen LogP contribution < -0.4 is 5.32 Å². The SMILES string of the molecule is C[C@@H]1CC[C@@H]2[C@@H](C1)O[C@@H](Cc1ccccc1Br)NC2(C)C. The molecule has 21 heavy (non-hydrogen) atoms. The molecule has 0 radical (unpaired) electrons. The number of nitrogens with one attached hydrogen (secondary N) is 1. The third-order valence-electron chi connectivity index (χ3n) is 5.22. The van der Waals surface area contributed by atoms with Crippen LogP contribution in [-0.2, 0) is 11.2 Å². The van der Waals surface area contributed by atoms with Crippen LogP contribution in [0.3, 0.4) is 0 Å². The Kier molecular flexibility index (Phi) is 4.45. The van der Waals surface area contributed by atoms with E-state index in [0.717, 1.165) is 12.3 Å². The summed E-state index contributed by atoms with van der Waals surface area (Å²) < 4.78 is 7.60. The molecule has 0 aromatic heterocycles. The van der Waals surface area contributed by atoms with Gasteiger partial charge < -0.3 is 4.74 Å². The van der Waals surface area contributed by atoms with Crippen molar-refractivity contribution >= 4 is 15.9 Å². The number of benzene rings is 1. The average Bonchev–Trinajstić information content (AvgIpc) is 2.40. The Bertz CT molecular complexity index is 502. The molecule has 1 aliphatic carbocycles. The van der Waals surface area contributed by atoms with E-state index in [-0.39, 0.29) is 11.8 Å². The zero-order valence-corrected chi connectivity index (χ0v) is 14.8. The van der Waals surface area contributed by atoms with Gasteiger partial charge in [-0.15, -0.1) is 0 Å². The molecule has 4 atom stereocenters. The summed E-state index contributed by atoms with van der Waals surface area (Å²) in [6.07, 6.45) is 5.28. The molecule has 116 valence electrons. The van der Waals surface area contributed by atoms with E-state index in [9.17, 15) is 0 Å². The molecular weight excluding hydrogens is 326 g/mol. The van der Waals surface area contributed by atoms with Crippen LogP contribution in [0.15, 0.2) is 28.7 Å². The van der Waals surface area contributed by atoms with Gasteiger partial charge in [0, 0.05) is 22.4 Å². The van der Waals surface area contributed by atoms with Gasteiger partial charge in [-0.25, -0.2) is 0 Å². The highest BCUT2D eigenvalue weighted by molar-refractivity contribution is 9.10. The van der Waals surface area contributed by atoms with E-state index in [1.54, 1.807) is 0 Å². The predicted molar refractivity (Wildman–Crippen MR) is 90.2 cm³/mol. The molecule has 0 amide bonds. The highest BCUT2D eigenvalue weighted by Gasteiger charge is 2.45. The predicted octanol–water partition coefficient (Wildman–Crippen LogP) is 4.52. The van der Waals surface area contributed by atoms with Crippen molar-refractivity contribution in [2.75, 3.05) is 0 Å². The van der Waals surface area contributed by atoms with Gasteiger partial charge in [0.05, 0.1) is 6.10 Å². The highest BCUT2D eigenvalue weighted by Crippen LogP contribution is 2.41. The Labute approximate surface area is 136 Å². The van der Waals surface area contributed by atoms with Crippen LogP contribution in [0.4, 0.5) is 0 Å². The van der Waals surface area contributed by atoms with E-state index in [1.807, 2.05) is 0 Å². The fourth-order valence-electron chi connectivity index (χ4n) is 4.03. The molecule has 2 aliphatic rings. The largest absolute Gasteiger partial charge is 0.359 e.